The van der Waals surface area contributed by atoms with E-state index in [1.807, 2.05) is 0 Å². The van der Waals surface area contributed by atoms with E-state index in [2.05, 4.69) is 47.9 Å². The summed E-state index contributed by atoms with van der Waals surface area (Å²) in [6.45, 7) is 13.1. The molecule has 0 bridgehead atoms. The molecule has 1 rings (SSSR count). The molecule has 0 radical (unpaired) electrons. The molecule has 0 spiro atoms. The maximum Gasteiger partial charge on any atom is 0.188 e. The number of nitrogens with zero attached hydrogens (tertiary/aromatic N) is 3. The third kappa shape index (κ3) is 8.06. The highest BCUT2D eigenvalue weighted by molar-refractivity contribution is 5.78. The number of nitrogens with one attached hydrogen (secondary N) is 1. The van der Waals surface area contributed by atoms with Gasteiger partial charge in [-0.2, -0.15) is 0 Å². The van der Waals surface area contributed by atoms with Crippen LogP contribution in [0, 0.1) is 0 Å². The van der Waals surface area contributed by atoms with Gasteiger partial charge in [0.1, 0.15) is 0 Å². The molecule has 5 nitrogen and oxygen atoms in total. The predicted octanol–water partition coefficient (Wildman–Crippen LogP) is 0.717. The Balaban J connectivity index is 2.06. The molecule has 1 aliphatic heterocycles. The number of unbranched alkanes of at least 4 members (excludes halogenated alkanes) is 1. The summed E-state index contributed by atoms with van der Waals surface area (Å²) in [6.07, 6.45) is 2.31. The average Bonchev–Trinajstić information content (AvgIpc) is 2.29. The smallest absolute Gasteiger partial charge is 0.188 e. The van der Waals surface area contributed by atoms with Gasteiger partial charge in [-0.3, -0.25) is 4.99 Å². The van der Waals surface area contributed by atoms with Crippen molar-refractivity contribution in [3.8, 4) is 0 Å². The van der Waals surface area contributed by atoms with Gasteiger partial charge in [0, 0.05) is 38.3 Å². The van der Waals surface area contributed by atoms with Crippen LogP contribution in [0.1, 0.15) is 33.6 Å². The molecule has 5 heteroatoms. The summed E-state index contributed by atoms with van der Waals surface area (Å²) in [4.78, 5) is 9.29. The zero-order valence-electron chi connectivity index (χ0n) is 13.1. The monoisotopic (exact) mass is 269 g/mol. The Bertz CT molecular complexity index is 274. The summed E-state index contributed by atoms with van der Waals surface area (Å²) >= 11 is 0. The Kier molecular flexibility index (Phi) is 6.58. The van der Waals surface area contributed by atoms with Crippen molar-refractivity contribution in [1.82, 2.24) is 15.1 Å². The van der Waals surface area contributed by atoms with Crippen LogP contribution < -0.4 is 11.1 Å². The number of rotatable bonds is 5. The van der Waals surface area contributed by atoms with E-state index in [4.69, 9.17) is 5.73 Å². The van der Waals surface area contributed by atoms with Crippen LogP contribution in [0.4, 0.5) is 0 Å². The molecule has 0 aromatic carbocycles. The number of hydrogen-bond acceptors (Lipinski definition) is 3. The lowest BCUT2D eigenvalue weighted by Crippen LogP contribution is -2.45. The molecular formula is C14H31N5. The fraction of sp³-hybridized carbons (Fsp3) is 0.929. The van der Waals surface area contributed by atoms with Gasteiger partial charge in [-0.1, -0.05) is 0 Å². The Morgan fingerprint density at radius 3 is 2.37 bits per heavy atom. The van der Waals surface area contributed by atoms with Crippen molar-refractivity contribution in [3.05, 3.63) is 0 Å². The van der Waals surface area contributed by atoms with Gasteiger partial charge >= 0.3 is 0 Å². The standard InChI is InChI=1S/C14H31N5/c1-14(2,3)17-13(15)16-7-5-6-8-19-11-9-18(4)10-12-19/h5-12H2,1-4H3,(H3,15,16,17). The third-order valence-electron chi connectivity index (χ3n) is 3.26. The summed E-state index contributed by atoms with van der Waals surface area (Å²) < 4.78 is 0. The molecule has 0 aromatic heterocycles. The minimum absolute atomic E-state index is 0.00654. The summed E-state index contributed by atoms with van der Waals surface area (Å²) in [7, 11) is 2.19. The van der Waals surface area contributed by atoms with Gasteiger partial charge in [-0.25, -0.2) is 0 Å². The molecule has 0 aromatic rings. The molecule has 1 heterocycles. The van der Waals surface area contributed by atoms with Crippen LogP contribution in [0.5, 0.6) is 0 Å². The maximum absolute atomic E-state index is 5.82. The van der Waals surface area contributed by atoms with Crippen LogP contribution in [0.2, 0.25) is 0 Å². The summed E-state index contributed by atoms with van der Waals surface area (Å²) in [5.74, 6) is 0.562. The van der Waals surface area contributed by atoms with E-state index < -0.39 is 0 Å². The van der Waals surface area contributed by atoms with E-state index in [0.29, 0.717) is 5.96 Å². The van der Waals surface area contributed by atoms with Crippen molar-refractivity contribution in [3.63, 3.8) is 0 Å². The molecular weight excluding hydrogens is 238 g/mol. The highest BCUT2D eigenvalue weighted by atomic mass is 15.2. The predicted molar refractivity (Wildman–Crippen MR) is 82.5 cm³/mol. The Morgan fingerprint density at radius 2 is 1.79 bits per heavy atom. The third-order valence-corrected chi connectivity index (χ3v) is 3.26. The lowest BCUT2D eigenvalue weighted by molar-refractivity contribution is 0.152. The van der Waals surface area contributed by atoms with Gasteiger partial charge in [0.15, 0.2) is 5.96 Å². The van der Waals surface area contributed by atoms with E-state index in [-0.39, 0.29) is 5.54 Å². The molecule has 1 aliphatic rings. The van der Waals surface area contributed by atoms with Gasteiger partial charge in [-0.15, -0.1) is 0 Å². The highest BCUT2D eigenvalue weighted by Crippen LogP contribution is 2.02. The summed E-state index contributed by atoms with van der Waals surface area (Å²) in [6, 6.07) is 0. The molecule has 112 valence electrons. The van der Waals surface area contributed by atoms with Crippen LogP contribution in [-0.2, 0) is 0 Å². The largest absolute Gasteiger partial charge is 0.370 e. The number of hydrogen-bond donors (Lipinski definition) is 2. The second-order valence-corrected chi connectivity index (χ2v) is 6.49. The van der Waals surface area contributed by atoms with E-state index in [1.165, 1.54) is 39.1 Å². The summed E-state index contributed by atoms with van der Waals surface area (Å²) in [5, 5.41) is 3.18. The highest BCUT2D eigenvalue weighted by Gasteiger charge is 2.12. The maximum atomic E-state index is 5.82. The van der Waals surface area contributed by atoms with Crippen molar-refractivity contribution in [2.24, 2.45) is 10.7 Å². The van der Waals surface area contributed by atoms with E-state index in [9.17, 15) is 0 Å². The van der Waals surface area contributed by atoms with Crippen molar-refractivity contribution in [2.45, 2.75) is 39.2 Å². The number of guanidine groups is 1. The first kappa shape index (κ1) is 16.2. The molecule has 1 fully saturated rings. The van der Waals surface area contributed by atoms with Crippen LogP contribution in [0.15, 0.2) is 4.99 Å². The normalized spacial score (nSPS) is 19.7. The number of likely N-dealkylation sites (N-methyl/N-ethyl adjacent to an activating group) is 1. The first-order valence-electron chi connectivity index (χ1n) is 7.36. The molecule has 0 atom stereocenters. The van der Waals surface area contributed by atoms with Gasteiger partial charge in [0.05, 0.1) is 0 Å². The fourth-order valence-corrected chi connectivity index (χ4v) is 2.14. The quantitative estimate of drug-likeness (QED) is 0.439. The van der Waals surface area contributed by atoms with Crippen LogP contribution in [0.3, 0.4) is 0 Å². The van der Waals surface area contributed by atoms with Crippen molar-refractivity contribution >= 4 is 5.96 Å². The number of piperazine rings is 1. The zero-order valence-corrected chi connectivity index (χ0v) is 13.1. The first-order chi connectivity index (χ1) is 8.87. The van der Waals surface area contributed by atoms with E-state index >= 15 is 0 Å². The number of nitrogens with two attached hydrogens (primary N) is 1. The van der Waals surface area contributed by atoms with Crippen molar-refractivity contribution < 1.29 is 0 Å². The molecule has 0 aliphatic carbocycles. The Hall–Kier alpha value is -0.810. The lowest BCUT2D eigenvalue weighted by Gasteiger charge is -2.32. The van der Waals surface area contributed by atoms with E-state index in [0.717, 1.165) is 13.0 Å². The number of aliphatic imine (C=N–C) groups is 1. The van der Waals surface area contributed by atoms with Crippen molar-refractivity contribution in [1.29, 1.82) is 0 Å². The molecule has 1 saturated heterocycles. The first-order valence-corrected chi connectivity index (χ1v) is 7.36. The van der Waals surface area contributed by atoms with Gasteiger partial charge in [0.2, 0.25) is 0 Å². The molecule has 0 saturated carbocycles. The molecule has 0 amide bonds. The SMILES string of the molecule is CN1CCN(CCCCN=C(N)NC(C)(C)C)CC1. The second kappa shape index (κ2) is 7.70. The van der Waals surface area contributed by atoms with Crippen molar-refractivity contribution in [2.75, 3.05) is 46.3 Å². The van der Waals surface area contributed by atoms with Crippen LogP contribution in [0.25, 0.3) is 0 Å². The molecule has 0 unspecified atom stereocenters. The topological polar surface area (TPSA) is 56.9 Å². The minimum Gasteiger partial charge on any atom is -0.370 e. The van der Waals surface area contributed by atoms with E-state index in [1.54, 1.807) is 0 Å². The molecule has 3 N–H and O–H groups in total. The Labute approximate surface area is 118 Å². The van der Waals surface area contributed by atoms with Crippen LogP contribution in [-0.4, -0.2) is 67.6 Å². The average molecular weight is 269 g/mol. The minimum atomic E-state index is -0.00654. The Morgan fingerprint density at radius 1 is 1.16 bits per heavy atom. The molecule has 19 heavy (non-hydrogen) atoms. The summed E-state index contributed by atoms with van der Waals surface area (Å²) in [5.41, 5.74) is 5.82. The van der Waals surface area contributed by atoms with Crippen LogP contribution >= 0.6 is 0 Å². The second-order valence-electron chi connectivity index (χ2n) is 6.49. The zero-order chi connectivity index (χ0) is 14.3. The van der Waals surface area contributed by atoms with Gasteiger partial charge < -0.3 is 20.9 Å². The van der Waals surface area contributed by atoms with Gasteiger partial charge in [0.25, 0.3) is 0 Å². The van der Waals surface area contributed by atoms with Gasteiger partial charge in [-0.05, 0) is 47.2 Å². The lowest BCUT2D eigenvalue weighted by atomic mass is 10.1. The fourth-order valence-electron chi connectivity index (χ4n) is 2.14.